The Morgan fingerprint density at radius 2 is 1.73 bits per heavy atom. The fraction of sp³-hybridized carbons (Fsp3) is 0.381. The lowest BCUT2D eigenvalue weighted by atomic mass is 9.91. The smallest absolute Gasteiger partial charge is 0.170 e. The number of hydrogen-bond acceptors (Lipinski definition) is 3. The van der Waals surface area contributed by atoms with Gasteiger partial charge in [0.05, 0.1) is 5.69 Å². The molecule has 1 aromatic heterocycles. The van der Waals surface area contributed by atoms with Crippen LogP contribution in [0, 0.1) is 17.6 Å². The van der Waals surface area contributed by atoms with Gasteiger partial charge in [-0.2, -0.15) is 0 Å². The lowest BCUT2D eigenvalue weighted by molar-refractivity contribution is 0.172. The Balaban J connectivity index is 1.27. The Bertz CT molecular complexity index is 867. The summed E-state index contributed by atoms with van der Waals surface area (Å²) in [4.78, 5) is 2.43. The Hall–Kier alpha value is -2.27. The molecule has 0 bridgehead atoms. The Morgan fingerprint density at radius 1 is 1.00 bits per heavy atom. The van der Waals surface area contributed by atoms with Gasteiger partial charge in [0.15, 0.2) is 5.58 Å². The summed E-state index contributed by atoms with van der Waals surface area (Å²) >= 11 is 0. The second kappa shape index (κ2) is 7.54. The second-order valence-electron chi connectivity index (χ2n) is 7.15. The van der Waals surface area contributed by atoms with E-state index in [1.807, 2.05) is 12.1 Å². The third-order valence-electron chi connectivity index (χ3n) is 5.32. The van der Waals surface area contributed by atoms with E-state index in [4.69, 9.17) is 4.52 Å². The van der Waals surface area contributed by atoms with Gasteiger partial charge in [0.25, 0.3) is 0 Å². The van der Waals surface area contributed by atoms with E-state index in [1.165, 1.54) is 24.3 Å². The minimum atomic E-state index is -0.297. The highest BCUT2D eigenvalue weighted by molar-refractivity contribution is 5.79. The number of aromatic nitrogens is 1. The molecule has 0 atom stereocenters. The van der Waals surface area contributed by atoms with E-state index in [0.717, 1.165) is 62.0 Å². The maximum atomic E-state index is 13.2. The molecule has 2 aromatic carbocycles. The Labute approximate surface area is 151 Å². The normalized spacial score (nSPS) is 16.4. The van der Waals surface area contributed by atoms with Crippen molar-refractivity contribution < 1.29 is 13.3 Å². The Kier molecular flexibility index (Phi) is 4.98. The molecule has 1 saturated heterocycles. The van der Waals surface area contributed by atoms with E-state index < -0.39 is 0 Å². The van der Waals surface area contributed by atoms with Crippen LogP contribution in [0.3, 0.4) is 0 Å². The van der Waals surface area contributed by atoms with Gasteiger partial charge in [-0.15, -0.1) is 0 Å². The molecule has 1 aliphatic heterocycles. The molecule has 3 nitrogen and oxygen atoms in total. The monoisotopic (exact) mass is 356 g/mol. The number of fused-ring (bicyclic) bond motifs is 1. The van der Waals surface area contributed by atoms with E-state index in [2.05, 4.69) is 10.1 Å². The molecule has 5 heteroatoms. The molecule has 0 aliphatic carbocycles. The van der Waals surface area contributed by atoms with Crippen molar-refractivity contribution in [1.29, 1.82) is 0 Å². The van der Waals surface area contributed by atoms with Crippen LogP contribution in [0.15, 0.2) is 47.0 Å². The number of halogens is 2. The van der Waals surface area contributed by atoms with Crippen molar-refractivity contribution in [2.24, 2.45) is 5.92 Å². The van der Waals surface area contributed by atoms with E-state index in [-0.39, 0.29) is 11.6 Å². The van der Waals surface area contributed by atoms with Crippen LogP contribution in [0.5, 0.6) is 0 Å². The number of likely N-dealkylation sites (tertiary alicyclic amines) is 1. The molecule has 0 amide bonds. The van der Waals surface area contributed by atoms with Gasteiger partial charge < -0.3 is 4.52 Å². The first-order chi connectivity index (χ1) is 12.7. The topological polar surface area (TPSA) is 29.3 Å². The first kappa shape index (κ1) is 17.2. The van der Waals surface area contributed by atoms with Crippen LogP contribution < -0.4 is 0 Å². The molecular weight excluding hydrogens is 334 g/mol. The summed E-state index contributed by atoms with van der Waals surface area (Å²) < 4.78 is 31.5. The van der Waals surface area contributed by atoms with Gasteiger partial charge >= 0.3 is 0 Å². The van der Waals surface area contributed by atoms with Gasteiger partial charge in [-0.1, -0.05) is 17.3 Å². The molecule has 0 saturated carbocycles. The number of rotatable bonds is 5. The Morgan fingerprint density at radius 3 is 2.50 bits per heavy atom. The third kappa shape index (κ3) is 3.93. The number of hydrogen-bond donors (Lipinski definition) is 0. The molecule has 26 heavy (non-hydrogen) atoms. The zero-order valence-electron chi connectivity index (χ0n) is 14.6. The van der Waals surface area contributed by atoms with Crippen LogP contribution >= 0.6 is 0 Å². The molecule has 2 heterocycles. The fourth-order valence-electron chi connectivity index (χ4n) is 3.77. The SMILES string of the molecule is Fc1ccc(CN2CCC(CCc3noc4cc(F)ccc34)CC2)cc1. The summed E-state index contributed by atoms with van der Waals surface area (Å²) in [6.45, 7) is 3.01. The van der Waals surface area contributed by atoms with Gasteiger partial charge in [0.1, 0.15) is 11.6 Å². The lowest BCUT2D eigenvalue weighted by Crippen LogP contribution is -2.33. The summed E-state index contributed by atoms with van der Waals surface area (Å²) in [6.07, 6.45) is 4.25. The van der Waals surface area contributed by atoms with Crippen LogP contribution in [-0.2, 0) is 13.0 Å². The van der Waals surface area contributed by atoms with Crippen LogP contribution in [0.4, 0.5) is 8.78 Å². The summed E-state index contributed by atoms with van der Waals surface area (Å²) in [5, 5.41) is 5.03. The molecule has 3 aromatic rings. The highest BCUT2D eigenvalue weighted by Crippen LogP contribution is 2.26. The van der Waals surface area contributed by atoms with Gasteiger partial charge in [0.2, 0.25) is 0 Å². The zero-order valence-corrected chi connectivity index (χ0v) is 14.6. The highest BCUT2D eigenvalue weighted by atomic mass is 19.1. The summed E-state index contributed by atoms with van der Waals surface area (Å²) in [6, 6.07) is 11.4. The molecule has 0 N–H and O–H groups in total. The van der Waals surface area contributed by atoms with E-state index in [1.54, 1.807) is 6.07 Å². The molecule has 4 rings (SSSR count). The first-order valence-electron chi connectivity index (χ1n) is 9.18. The minimum absolute atomic E-state index is 0.185. The van der Waals surface area contributed by atoms with Gasteiger partial charge in [-0.3, -0.25) is 4.90 Å². The summed E-state index contributed by atoms with van der Waals surface area (Å²) in [5.41, 5.74) is 2.61. The molecule has 0 spiro atoms. The maximum absolute atomic E-state index is 13.2. The van der Waals surface area contributed by atoms with Crippen LogP contribution in [-0.4, -0.2) is 23.1 Å². The van der Waals surface area contributed by atoms with Crippen molar-refractivity contribution in [2.45, 2.75) is 32.2 Å². The molecule has 1 fully saturated rings. The van der Waals surface area contributed by atoms with Crippen molar-refractivity contribution >= 4 is 11.0 Å². The summed E-state index contributed by atoms with van der Waals surface area (Å²) in [5.74, 6) is 0.191. The average Bonchev–Trinajstić information content (AvgIpc) is 3.05. The van der Waals surface area contributed by atoms with Gasteiger partial charge in [-0.05, 0) is 74.5 Å². The lowest BCUT2D eigenvalue weighted by Gasteiger charge is -2.32. The van der Waals surface area contributed by atoms with Crippen LogP contribution in [0.1, 0.15) is 30.5 Å². The van der Waals surface area contributed by atoms with Crippen molar-refractivity contribution in [2.75, 3.05) is 13.1 Å². The maximum Gasteiger partial charge on any atom is 0.170 e. The quantitative estimate of drug-likeness (QED) is 0.648. The van der Waals surface area contributed by atoms with Crippen molar-refractivity contribution in [1.82, 2.24) is 10.1 Å². The second-order valence-corrected chi connectivity index (χ2v) is 7.15. The van der Waals surface area contributed by atoms with Crippen molar-refractivity contribution in [3.63, 3.8) is 0 Å². The number of piperidine rings is 1. The number of aryl methyl sites for hydroxylation is 1. The van der Waals surface area contributed by atoms with E-state index in [9.17, 15) is 8.78 Å². The average molecular weight is 356 g/mol. The predicted molar refractivity (Wildman–Crippen MR) is 96.7 cm³/mol. The molecule has 136 valence electrons. The van der Waals surface area contributed by atoms with E-state index >= 15 is 0 Å². The van der Waals surface area contributed by atoms with Gasteiger partial charge in [0, 0.05) is 18.0 Å². The molecule has 0 unspecified atom stereocenters. The van der Waals surface area contributed by atoms with E-state index in [0.29, 0.717) is 11.5 Å². The van der Waals surface area contributed by atoms with Crippen molar-refractivity contribution in [3.8, 4) is 0 Å². The number of nitrogens with zero attached hydrogens (tertiary/aromatic N) is 2. The van der Waals surface area contributed by atoms with Crippen LogP contribution in [0.2, 0.25) is 0 Å². The van der Waals surface area contributed by atoms with Crippen LogP contribution in [0.25, 0.3) is 11.0 Å². The largest absolute Gasteiger partial charge is 0.356 e. The van der Waals surface area contributed by atoms with Crippen molar-refractivity contribution in [3.05, 3.63) is 65.4 Å². The molecular formula is C21H22F2N2O. The highest BCUT2D eigenvalue weighted by Gasteiger charge is 2.20. The number of benzene rings is 2. The molecule has 1 aliphatic rings. The summed E-state index contributed by atoms with van der Waals surface area (Å²) in [7, 11) is 0. The first-order valence-corrected chi connectivity index (χ1v) is 9.18. The predicted octanol–water partition coefficient (Wildman–Crippen LogP) is 4.95. The zero-order chi connectivity index (χ0) is 17.9. The minimum Gasteiger partial charge on any atom is -0.356 e. The molecule has 0 radical (unpaired) electrons. The third-order valence-corrected chi connectivity index (χ3v) is 5.32. The standard InChI is InChI=1S/C21H22F2N2O/c22-17-4-1-16(2-5-17)14-25-11-9-15(10-12-25)3-8-20-19-7-6-18(23)13-21(19)26-24-20/h1-2,4-7,13,15H,3,8-12,14H2. The fourth-order valence-corrected chi connectivity index (χ4v) is 3.77. The van der Waals surface area contributed by atoms with Gasteiger partial charge in [-0.25, -0.2) is 8.78 Å².